The number of carboxylic acids is 4. The zero-order valence-corrected chi connectivity index (χ0v) is 24.5. The summed E-state index contributed by atoms with van der Waals surface area (Å²) in [6.45, 7) is 0. The van der Waals surface area contributed by atoms with Gasteiger partial charge >= 0.3 is 23.9 Å². The topological polar surface area (TPSA) is 149 Å². The molecule has 0 aromatic carbocycles. The number of unbranched alkanes of at least 4 members (excludes halogenated alkanes) is 21. The molecule has 0 aromatic heterocycles. The number of hydrogen-bond donors (Lipinski definition) is 4. The molecule has 0 aliphatic heterocycles. The number of hydrogen-bond acceptors (Lipinski definition) is 4. The van der Waals surface area contributed by atoms with Crippen LogP contribution in [0.3, 0.4) is 0 Å². The number of aliphatic carboxylic acids is 4. The fourth-order valence-corrected chi connectivity index (χ4v) is 4.46. The van der Waals surface area contributed by atoms with Gasteiger partial charge in [-0.15, -0.1) is 0 Å². The zero-order valence-electron chi connectivity index (χ0n) is 24.5. The van der Waals surface area contributed by atoms with Crippen LogP contribution in [0, 0.1) is 0 Å². The Bertz CT molecular complexity index is 541. The Hall–Kier alpha value is -2.12. The minimum Gasteiger partial charge on any atom is -0.481 e. The summed E-state index contributed by atoms with van der Waals surface area (Å²) < 4.78 is 0. The van der Waals surface area contributed by atoms with Crippen molar-refractivity contribution in [2.75, 3.05) is 0 Å². The van der Waals surface area contributed by atoms with Crippen molar-refractivity contribution in [1.29, 1.82) is 0 Å². The van der Waals surface area contributed by atoms with Crippen LogP contribution in [0.2, 0.25) is 0 Å². The number of rotatable bonds is 29. The first-order chi connectivity index (χ1) is 18.8. The molecule has 0 aliphatic rings. The van der Waals surface area contributed by atoms with Crippen molar-refractivity contribution in [1.82, 2.24) is 0 Å². The monoisotopic (exact) mass is 558 g/mol. The molecule has 0 saturated carbocycles. The van der Waals surface area contributed by atoms with Crippen molar-refractivity contribution in [2.24, 2.45) is 0 Å². The van der Waals surface area contributed by atoms with Gasteiger partial charge in [-0.2, -0.15) is 0 Å². The normalized spacial score (nSPS) is 10.6. The van der Waals surface area contributed by atoms with E-state index in [0.717, 1.165) is 77.0 Å². The fraction of sp³-hybridized carbons (Fsp3) is 0.871. The Kier molecular flexibility index (Phi) is 32.1. The molecular weight excluding hydrogens is 500 g/mol. The minimum absolute atomic E-state index is 0.302. The Morgan fingerprint density at radius 3 is 0.436 bits per heavy atom. The molecule has 39 heavy (non-hydrogen) atoms. The molecule has 0 unspecified atom stereocenters. The highest BCUT2D eigenvalue weighted by atomic mass is 16.4. The average Bonchev–Trinajstić information content (AvgIpc) is 2.86. The average molecular weight is 559 g/mol. The molecule has 0 aliphatic carbocycles. The molecule has 8 heteroatoms. The lowest BCUT2D eigenvalue weighted by molar-refractivity contribution is -0.138. The summed E-state index contributed by atoms with van der Waals surface area (Å²) in [4.78, 5) is 41.2. The lowest BCUT2D eigenvalue weighted by atomic mass is 10.0. The van der Waals surface area contributed by atoms with Crippen LogP contribution in [0.4, 0.5) is 0 Å². The van der Waals surface area contributed by atoms with Crippen LogP contribution in [0.25, 0.3) is 0 Å². The van der Waals surface area contributed by atoms with Gasteiger partial charge in [-0.05, 0) is 25.7 Å². The van der Waals surface area contributed by atoms with Gasteiger partial charge in [0.15, 0.2) is 0 Å². The van der Waals surface area contributed by atoms with E-state index in [1.54, 1.807) is 0 Å². The molecule has 0 saturated heterocycles. The summed E-state index contributed by atoms with van der Waals surface area (Å²) in [5, 5.41) is 33.9. The largest absolute Gasteiger partial charge is 0.481 e. The Morgan fingerprint density at radius 1 is 0.231 bits per heavy atom. The van der Waals surface area contributed by atoms with Gasteiger partial charge in [0.25, 0.3) is 0 Å². The van der Waals surface area contributed by atoms with Gasteiger partial charge in [0, 0.05) is 25.7 Å². The lowest BCUT2D eigenvalue weighted by Crippen LogP contribution is -1.93. The van der Waals surface area contributed by atoms with E-state index >= 15 is 0 Å². The van der Waals surface area contributed by atoms with E-state index in [9.17, 15) is 19.2 Å². The van der Waals surface area contributed by atoms with E-state index in [0.29, 0.717) is 25.7 Å². The molecule has 0 rings (SSSR count). The molecule has 4 N–H and O–H groups in total. The molecule has 230 valence electrons. The summed E-state index contributed by atoms with van der Waals surface area (Å²) >= 11 is 0. The summed E-state index contributed by atoms with van der Waals surface area (Å²) in [6.07, 6.45) is 26.8. The molecule has 0 amide bonds. The highest BCUT2D eigenvalue weighted by Crippen LogP contribution is 2.14. The van der Waals surface area contributed by atoms with Gasteiger partial charge in [0.2, 0.25) is 0 Å². The Balaban J connectivity index is 0. The standard InChI is InChI=1S/C16H30O4.C15H28O4/c17-15(18)13-11-9-7-5-3-1-2-4-6-8-10-12-14-16(19)20;16-14(17)12-10-8-6-4-2-1-3-5-7-9-11-13-15(18)19/h1-14H2,(H,17,18)(H,19,20);1-13H2,(H,16,17)(H,18,19). The zero-order chi connectivity index (χ0) is 29.4. The molecule has 0 fully saturated rings. The molecule has 0 atom stereocenters. The predicted octanol–water partition coefficient (Wildman–Crippen LogP) is 8.84. The van der Waals surface area contributed by atoms with Crippen molar-refractivity contribution in [3.8, 4) is 0 Å². The highest BCUT2D eigenvalue weighted by molar-refractivity contribution is 5.67. The molecule has 0 heterocycles. The SMILES string of the molecule is O=C(O)CCCCCCCCCCCCCC(=O)O.O=C(O)CCCCCCCCCCCCCCC(=O)O. The van der Waals surface area contributed by atoms with Gasteiger partial charge in [-0.25, -0.2) is 0 Å². The minimum atomic E-state index is -0.692. The second-order valence-electron chi connectivity index (χ2n) is 10.7. The summed E-state index contributed by atoms with van der Waals surface area (Å²) in [6, 6.07) is 0. The summed E-state index contributed by atoms with van der Waals surface area (Å²) in [7, 11) is 0. The first-order valence-electron chi connectivity index (χ1n) is 15.6. The maximum absolute atomic E-state index is 10.3. The molecule has 0 aromatic rings. The Labute approximate surface area is 237 Å². The van der Waals surface area contributed by atoms with Crippen molar-refractivity contribution in [3.63, 3.8) is 0 Å². The van der Waals surface area contributed by atoms with Crippen molar-refractivity contribution in [3.05, 3.63) is 0 Å². The number of carbonyl (C=O) groups is 4. The maximum atomic E-state index is 10.3. The maximum Gasteiger partial charge on any atom is 0.303 e. The van der Waals surface area contributed by atoms with Crippen molar-refractivity contribution >= 4 is 23.9 Å². The van der Waals surface area contributed by atoms with Crippen molar-refractivity contribution < 1.29 is 39.6 Å². The van der Waals surface area contributed by atoms with Gasteiger partial charge < -0.3 is 20.4 Å². The second-order valence-corrected chi connectivity index (χ2v) is 10.7. The number of carboxylic acid groups (broad SMARTS) is 4. The third kappa shape index (κ3) is 43.2. The van der Waals surface area contributed by atoms with Crippen LogP contribution < -0.4 is 0 Å². The molecule has 0 radical (unpaired) electrons. The van der Waals surface area contributed by atoms with Crippen LogP contribution in [0.1, 0.15) is 173 Å². The molecular formula is C31H58O8. The third-order valence-corrected chi connectivity index (χ3v) is 6.81. The van der Waals surface area contributed by atoms with Crippen molar-refractivity contribution in [2.45, 2.75) is 173 Å². The summed E-state index contributed by atoms with van der Waals surface area (Å²) in [5.74, 6) is -2.76. The van der Waals surface area contributed by atoms with Gasteiger partial charge in [-0.3, -0.25) is 19.2 Å². The molecule has 8 nitrogen and oxygen atoms in total. The van der Waals surface area contributed by atoms with Crippen LogP contribution in [-0.4, -0.2) is 44.3 Å². The van der Waals surface area contributed by atoms with E-state index in [2.05, 4.69) is 0 Å². The van der Waals surface area contributed by atoms with Gasteiger partial charge in [0.1, 0.15) is 0 Å². The lowest BCUT2D eigenvalue weighted by Gasteiger charge is -2.02. The quantitative estimate of drug-likeness (QED) is 0.0665. The summed E-state index contributed by atoms with van der Waals surface area (Å²) in [5.41, 5.74) is 0. The highest BCUT2D eigenvalue weighted by Gasteiger charge is 1.99. The molecule has 0 bridgehead atoms. The van der Waals surface area contributed by atoms with Crippen LogP contribution in [0.5, 0.6) is 0 Å². The van der Waals surface area contributed by atoms with E-state index in [4.69, 9.17) is 20.4 Å². The van der Waals surface area contributed by atoms with Gasteiger partial charge in [-0.1, -0.05) is 122 Å². The first-order valence-corrected chi connectivity index (χ1v) is 15.6. The first kappa shape index (κ1) is 39.0. The third-order valence-electron chi connectivity index (χ3n) is 6.81. The Morgan fingerprint density at radius 2 is 0.333 bits per heavy atom. The van der Waals surface area contributed by atoms with Crippen LogP contribution >= 0.6 is 0 Å². The predicted molar refractivity (Wildman–Crippen MR) is 155 cm³/mol. The van der Waals surface area contributed by atoms with Crippen LogP contribution in [0.15, 0.2) is 0 Å². The van der Waals surface area contributed by atoms with Gasteiger partial charge in [0.05, 0.1) is 0 Å². The second kappa shape index (κ2) is 32.1. The fourth-order valence-electron chi connectivity index (χ4n) is 4.46. The van der Waals surface area contributed by atoms with E-state index < -0.39 is 23.9 Å². The van der Waals surface area contributed by atoms with E-state index in [1.165, 1.54) is 70.6 Å². The van der Waals surface area contributed by atoms with E-state index in [-0.39, 0.29) is 0 Å². The molecule has 0 spiro atoms. The van der Waals surface area contributed by atoms with E-state index in [1.807, 2.05) is 0 Å². The van der Waals surface area contributed by atoms with Crippen LogP contribution in [-0.2, 0) is 19.2 Å². The smallest absolute Gasteiger partial charge is 0.303 e.